The largest absolute Gasteiger partial charge is 0.491 e. The molecule has 33 heavy (non-hydrogen) atoms. The van der Waals surface area contributed by atoms with Gasteiger partial charge < -0.3 is 25.1 Å². The number of carbonyl (C=O) groups is 1. The first-order valence-corrected chi connectivity index (χ1v) is 10.8. The molecule has 0 radical (unpaired) electrons. The van der Waals surface area contributed by atoms with Crippen LogP contribution in [0.25, 0.3) is 11.4 Å². The van der Waals surface area contributed by atoms with E-state index in [2.05, 4.69) is 10.3 Å². The first-order chi connectivity index (χ1) is 15.9. The molecule has 11 heteroatoms. The summed E-state index contributed by atoms with van der Waals surface area (Å²) in [6.07, 6.45) is 1.44. The Morgan fingerprint density at radius 1 is 1.33 bits per heavy atom. The SMILES string of the molecule is C[C@H](Nc1cc2c(c3c1CCC3)-c1nc(N3C(=C=O)OC[C@H]3C(F)F)cn1CCO2)C(N)=O. The van der Waals surface area contributed by atoms with Gasteiger partial charge in [-0.1, -0.05) is 0 Å². The van der Waals surface area contributed by atoms with E-state index in [1.165, 1.54) is 0 Å². The third kappa shape index (κ3) is 3.48. The number of aromatic nitrogens is 2. The van der Waals surface area contributed by atoms with E-state index >= 15 is 0 Å². The second kappa shape index (κ2) is 8.08. The fourth-order valence-electron chi connectivity index (χ4n) is 4.69. The lowest BCUT2D eigenvalue weighted by Crippen LogP contribution is -2.36. The maximum atomic E-state index is 13.6. The smallest absolute Gasteiger partial charge is 0.284 e. The number of amides is 1. The lowest BCUT2D eigenvalue weighted by atomic mass is 9.99. The van der Waals surface area contributed by atoms with Crippen molar-refractivity contribution in [3.8, 4) is 17.1 Å². The van der Waals surface area contributed by atoms with E-state index in [9.17, 15) is 18.4 Å². The van der Waals surface area contributed by atoms with Crippen molar-refractivity contribution >= 4 is 23.4 Å². The van der Waals surface area contributed by atoms with Crippen LogP contribution < -0.4 is 20.7 Å². The van der Waals surface area contributed by atoms with Crippen molar-refractivity contribution in [3.05, 3.63) is 29.3 Å². The summed E-state index contributed by atoms with van der Waals surface area (Å²) in [5, 5.41) is 3.18. The second-order valence-corrected chi connectivity index (χ2v) is 8.33. The van der Waals surface area contributed by atoms with Gasteiger partial charge in [0.2, 0.25) is 5.91 Å². The fourth-order valence-corrected chi connectivity index (χ4v) is 4.69. The van der Waals surface area contributed by atoms with Gasteiger partial charge in [-0.05, 0) is 37.3 Å². The van der Waals surface area contributed by atoms with Crippen molar-refractivity contribution < 1.29 is 27.8 Å². The number of nitrogens with two attached hydrogens (primary N) is 1. The number of alkyl halides is 2. The maximum Gasteiger partial charge on any atom is 0.284 e. The number of primary amides is 1. The van der Waals surface area contributed by atoms with Crippen LogP contribution in [-0.4, -0.2) is 53.1 Å². The number of benzene rings is 1. The molecule has 2 aromatic rings. The Morgan fingerprint density at radius 3 is 2.85 bits per heavy atom. The third-order valence-electron chi connectivity index (χ3n) is 6.31. The van der Waals surface area contributed by atoms with Crippen LogP contribution in [0.2, 0.25) is 0 Å². The van der Waals surface area contributed by atoms with E-state index in [0.717, 1.165) is 46.5 Å². The third-order valence-corrected chi connectivity index (χ3v) is 6.31. The minimum atomic E-state index is -2.72. The topological polar surface area (TPSA) is 112 Å². The summed E-state index contributed by atoms with van der Waals surface area (Å²) in [7, 11) is 0. The van der Waals surface area contributed by atoms with Gasteiger partial charge in [-0.3, -0.25) is 9.69 Å². The number of rotatable bonds is 5. The minimum absolute atomic E-state index is 0.204. The minimum Gasteiger partial charge on any atom is -0.491 e. The van der Waals surface area contributed by atoms with Crippen molar-refractivity contribution in [1.82, 2.24) is 9.55 Å². The molecule has 5 rings (SSSR count). The number of ether oxygens (including phenoxy) is 2. The first-order valence-electron chi connectivity index (χ1n) is 10.8. The number of fused-ring (bicyclic) bond motifs is 5. The molecule has 3 N–H and O–H groups in total. The molecular formula is C22H23F2N5O4. The highest BCUT2D eigenvalue weighted by Crippen LogP contribution is 2.45. The average molecular weight is 459 g/mol. The Labute approximate surface area is 188 Å². The summed E-state index contributed by atoms with van der Waals surface area (Å²) < 4.78 is 40.2. The van der Waals surface area contributed by atoms with Crippen LogP contribution in [0.15, 0.2) is 18.1 Å². The number of hydrogen-bond donors (Lipinski definition) is 2. The molecule has 174 valence electrons. The molecule has 0 bridgehead atoms. The Bertz CT molecular complexity index is 1170. The lowest BCUT2D eigenvalue weighted by molar-refractivity contribution is -0.118. The zero-order valence-corrected chi connectivity index (χ0v) is 17.9. The molecule has 2 aliphatic heterocycles. The standard InChI is InChI=1S/C22H23F2N5O4/c1-11(21(25)31)26-14-7-16-19(13-4-2-3-12(13)14)22-27-17(8-28(22)5-6-32-16)29-15(20(23)24)10-33-18(29)9-30/h7-8,11,15,20,26H,2-6,10H2,1H3,(H2,25,31)/t11-,15-/m0/s1. The van der Waals surface area contributed by atoms with Gasteiger partial charge in [0.25, 0.3) is 12.3 Å². The van der Waals surface area contributed by atoms with Crippen LogP contribution in [0.4, 0.5) is 20.3 Å². The van der Waals surface area contributed by atoms with Crippen LogP contribution in [-0.2, 0) is 33.7 Å². The predicted molar refractivity (Wildman–Crippen MR) is 115 cm³/mol. The number of nitrogens with zero attached hydrogens (tertiary/aromatic N) is 3. The predicted octanol–water partition coefficient (Wildman–Crippen LogP) is 1.86. The molecule has 1 saturated heterocycles. The number of imidazole rings is 1. The number of nitrogens with one attached hydrogen (secondary N) is 1. The summed E-state index contributed by atoms with van der Waals surface area (Å²) in [6.45, 7) is 2.17. The number of carbonyl (C=O) groups excluding carboxylic acids is 2. The first kappa shape index (κ1) is 21.3. The highest BCUT2D eigenvalue weighted by atomic mass is 19.3. The number of anilines is 2. The van der Waals surface area contributed by atoms with Crippen LogP contribution in [0.3, 0.4) is 0 Å². The molecule has 1 amide bonds. The molecule has 3 aliphatic rings. The summed E-state index contributed by atoms with van der Waals surface area (Å²) in [4.78, 5) is 28.7. The molecule has 0 saturated carbocycles. The summed E-state index contributed by atoms with van der Waals surface area (Å²) >= 11 is 0. The lowest BCUT2D eigenvalue weighted by Gasteiger charge is -2.20. The molecule has 1 fully saturated rings. The highest BCUT2D eigenvalue weighted by molar-refractivity contribution is 5.85. The van der Waals surface area contributed by atoms with Crippen LogP contribution in [0.5, 0.6) is 5.75 Å². The molecule has 1 aliphatic carbocycles. The van der Waals surface area contributed by atoms with Gasteiger partial charge in [0.15, 0.2) is 11.8 Å². The number of hydrogen-bond acceptors (Lipinski definition) is 7. The Balaban J connectivity index is 1.62. The normalized spacial score (nSPS) is 19.7. The van der Waals surface area contributed by atoms with E-state index in [-0.39, 0.29) is 18.3 Å². The zero-order chi connectivity index (χ0) is 23.3. The fraction of sp³-hybridized carbons (Fsp3) is 0.455. The van der Waals surface area contributed by atoms with E-state index in [0.29, 0.717) is 24.7 Å². The molecule has 1 aromatic heterocycles. The Morgan fingerprint density at radius 2 is 2.12 bits per heavy atom. The summed E-state index contributed by atoms with van der Waals surface area (Å²) in [5.74, 6) is 2.23. The monoisotopic (exact) mass is 459 g/mol. The molecule has 2 atom stereocenters. The van der Waals surface area contributed by atoms with Crippen molar-refractivity contribution in [3.63, 3.8) is 0 Å². The van der Waals surface area contributed by atoms with Crippen molar-refractivity contribution in [1.29, 1.82) is 0 Å². The van der Waals surface area contributed by atoms with Gasteiger partial charge >= 0.3 is 0 Å². The quantitative estimate of drug-likeness (QED) is 0.657. The van der Waals surface area contributed by atoms with Gasteiger partial charge in [0.1, 0.15) is 36.9 Å². The van der Waals surface area contributed by atoms with Gasteiger partial charge in [-0.15, -0.1) is 0 Å². The van der Waals surface area contributed by atoms with Crippen LogP contribution in [0.1, 0.15) is 24.5 Å². The van der Waals surface area contributed by atoms with Gasteiger partial charge in [0, 0.05) is 18.0 Å². The van der Waals surface area contributed by atoms with Gasteiger partial charge in [-0.2, -0.15) is 0 Å². The highest BCUT2D eigenvalue weighted by Gasteiger charge is 2.41. The molecule has 0 unspecified atom stereocenters. The van der Waals surface area contributed by atoms with Crippen molar-refractivity contribution in [2.45, 2.75) is 51.2 Å². The van der Waals surface area contributed by atoms with Crippen molar-refractivity contribution in [2.75, 3.05) is 23.4 Å². The van der Waals surface area contributed by atoms with E-state index in [1.54, 1.807) is 19.1 Å². The Hall–Kier alpha value is -3.59. The van der Waals surface area contributed by atoms with E-state index in [4.69, 9.17) is 15.2 Å². The second-order valence-electron chi connectivity index (χ2n) is 8.33. The maximum absolute atomic E-state index is 13.6. The van der Waals surface area contributed by atoms with E-state index < -0.39 is 24.4 Å². The number of halogens is 2. The molecule has 1 aromatic carbocycles. The van der Waals surface area contributed by atoms with Crippen LogP contribution >= 0.6 is 0 Å². The molecular weight excluding hydrogens is 436 g/mol. The average Bonchev–Trinajstić information content (AvgIpc) is 3.50. The molecule has 9 nitrogen and oxygen atoms in total. The molecule has 3 heterocycles. The van der Waals surface area contributed by atoms with E-state index in [1.807, 2.05) is 10.6 Å². The molecule has 0 spiro atoms. The zero-order valence-electron chi connectivity index (χ0n) is 17.9. The van der Waals surface area contributed by atoms with Crippen LogP contribution in [0, 0.1) is 0 Å². The Kier molecular flexibility index (Phi) is 5.20. The summed E-state index contributed by atoms with van der Waals surface area (Å²) in [6, 6.07) is -0.0216. The van der Waals surface area contributed by atoms with Crippen molar-refractivity contribution in [2.24, 2.45) is 5.73 Å². The van der Waals surface area contributed by atoms with Gasteiger partial charge in [-0.25, -0.2) is 18.6 Å². The van der Waals surface area contributed by atoms with Gasteiger partial charge in [0.05, 0.1) is 12.1 Å². The summed E-state index contributed by atoms with van der Waals surface area (Å²) in [5.41, 5.74) is 9.13.